The van der Waals surface area contributed by atoms with Gasteiger partial charge in [0.1, 0.15) is 5.75 Å². The molecule has 1 aromatic heterocycles. The fourth-order valence-corrected chi connectivity index (χ4v) is 1.39. The molecule has 0 saturated heterocycles. The summed E-state index contributed by atoms with van der Waals surface area (Å²) in [4.78, 5) is 15.2. The van der Waals surface area contributed by atoms with Crippen molar-refractivity contribution in [1.29, 1.82) is 0 Å². The van der Waals surface area contributed by atoms with Gasteiger partial charge in [-0.1, -0.05) is 12.1 Å². The van der Waals surface area contributed by atoms with Gasteiger partial charge in [0.15, 0.2) is 5.75 Å². The Hall–Kier alpha value is -2.40. The topological polar surface area (TPSA) is 77.2 Å². The van der Waals surface area contributed by atoms with Crippen molar-refractivity contribution in [2.75, 3.05) is 11.9 Å². The highest BCUT2D eigenvalue weighted by atomic mass is 16.5. The van der Waals surface area contributed by atoms with Gasteiger partial charge in [0.25, 0.3) is 0 Å². The summed E-state index contributed by atoms with van der Waals surface area (Å²) in [6, 6.07) is 10.6. The number of anilines is 1. The molecule has 0 atom stereocenters. The molecule has 92 valence electrons. The smallest absolute Gasteiger partial charge is 0.238 e. The summed E-state index contributed by atoms with van der Waals surface area (Å²) in [6.45, 7) is -0.0659. The number of pyridine rings is 1. The molecule has 0 aliphatic heterocycles. The molecule has 3 N–H and O–H groups in total. The van der Waals surface area contributed by atoms with Gasteiger partial charge < -0.3 is 15.8 Å². The van der Waals surface area contributed by atoms with Crippen molar-refractivity contribution < 1.29 is 9.53 Å². The Labute approximate surface area is 105 Å². The molecule has 0 unspecified atom stereocenters. The zero-order valence-electron chi connectivity index (χ0n) is 9.67. The van der Waals surface area contributed by atoms with Crippen molar-refractivity contribution in [3.05, 3.63) is 48.8 Å². The Morgan fingerprint density at radius 3 is 2.67 bits per heavy atom. The summed E-state index contributed by atoms with van der Waals surface area (Å²) in [5.74, 6) is 0.950. The first-order valence-corrected chi connectivity index (χ1v) is 5.46. The van der Waals surface area contributed by atoms with Crippen LogP contribution in [0.15, 0.2) is 48.8 Å². The molecule has 1 amide bonds. The van der Waals surface area contributed by atoms with Gasteiger partial charge in [0, 0.05) is 12.4 Å². The van der Waals surface area contributed by atoms with Crippen LogP contribution >= 0.6 is 0 Å². The minimum absolute atomic E-state index is 0.0659. The van der Waals surface area contributed by atoms with E-state index in [0.717, 1.165) is 0 Å². The summed E-state index contributed by atoms with van der Waals surface area (Å²) < 4.78 is 5.66. The minimum atomic E-state index is -0.263. The van der Waals surface area contributed by atoms with E-state index in [9.17, 15) is 4.79 Å². The monoisotopic (exact) mass is 243 g/mol. The summed E-state index contributed by atoms with van der Waals surface area (Å²) in [5.41, 5.74) is 5.85. The van der Waals surface area contributed by atoms with E-state index in [2.05, 4.69) is 10.3 Å². The predicted molar refractivity (Wildman–Crippen MR) is 68.4 cm³/mol. The molecule has 0 aliphatic rings. The zero-order chi connectivity index (χ0) is 12.8. The first-order valence-electron chi connectivity index (χ1n) is 5.46. The highest BCUT2D eigenvalue weighted by Gasteiger charge is 2.06. The fraction of sp³-hybridized carbons (Fsp3) is 0.0769. The second-order valence-electron chi connectivity index (χ2n) is 3.53. The molecule has 5 nitrogen and oxygen atoms in total. The second kappa shape index (κ2) is 5.79. The fourth-order valence-electron chi connectivity index (χ4n) is 1.39. The maximum atomic E-state index is 11.3. The average Bonchev–Trinajstić information content (AvgIpc) is 2.42. The van der Waals surface area contributed by atoms with Crippen LogP contribution in [-0.2, 0) is 4.79 Å². The van der Waals surface area contributed by atoms with E-state index in [4.69, 9.17) is 10.5 Å². The third-order valence-corrected chi connectivity index (χ3v) is 2.22. The molecular weight excluding hydrogens is 230 g/mol. The maximum absolute atomic E-state index is 11.3. The molecule has 1 aromatic carbocycles. The van der Waals surface area contributed by atoms with E-state index in [1.165, 1.54) is 0 Å². The number of carbonyl (C=O) groups is 1. The van der Waals surface area contributed by atoms with Crippen molar-refractivity contribution in [2.24, 2.45) is 5.73 Å². The van der Waals surface area contributed by atoms with Gasteiger partial charge in [-0.25, -0.2) is 0 Å². The molecule has 18 heavy (non-hydrogen) atoms. The number of rotatable bonds is 4. The van der Waals surface area contributed by atoms with Crippen molar-refractivity contribution >= 4 is 11.6 Å². The number of hydrogen-bond donors (Lipinski definition) is 2. The highest BCUT2D eigenvalue weighted by Crippen LogP contribution is 2.28. The van der Waals surface area contributed by atoms with Crippen LogP contribution in [-0.4, -0.2) is 17.4 Å². The molecule has 1 heterocycles. The van der Waals surface area contributed by atoms with Crippen LogP contribution < -0.4 is 15.8 Å². The van der Waals surface area contributed by atoms with Crippen LogP contribution in [0, 0.1) is 0 Å². The minimum Gasteiger partial charge on any atom is -0.455 e. The summed E-state index contributed by atoms with van der Waals surface area (Å²) in [5, 5.41) is 2.68. The number of nitrogens with zero attached hydrogens (tertiary/aromatic N) is 1. The van der Waals surface area contributed by atoms with E-state index in [-0.39, 0.29) is 12.5 Å². The predicted octanol–water partition coefficient (Wildman–Crippen LogP) is 1.77. The number of aromatic nitrogens is 1. The molecule has 0 aliphatic carbocycles. The number of carbonyl (C=O) groups excluding carboxylic acids is 1. The number of ether oxygens (including phenoxy) is 1. The van der Waals surface area contributed by atoms with E-state index in [1.54, 1.807) is 36.7 Å². The first-order chi connectivity index (χ1) is 8.79. The number of amides is 1. The molecule has 2 rings (SSSR count). The maximum Gasteiger partial charge on any atom is 0.238 e. The van der Waals surface area contributed by atoms with Gasteiger partial charge >= 0.3 is 0 Å². The van der Waals surface area contributed by atoms with Crippen molar-refractivity contribution in [1.82, 2.24) is 4.98 Å². The Balaban J connectivity index is 2.20. The number of benzene rings is 1. The third-order valence-electron chi connectivity index (χ3n) is 2.22. The van der Waals surface area contributed by atoms with Crippen LogP contribution in [0.3, 0.4) is 0 Å². The van der Waals surface area contributed by atoms with Gasteiger partial charge in [-0.15, -0.1) is 0 Å². The molecule has 0 saturated carbocycles. The summed E-state index contributed by atoms with van der Waals surface area (Å²) >= 11 is 0. The lowest BCUT2D eigenvalue weighted by atomic mass is 10.3. The van der Waals surface area contributed by atoms with E-state index in [0.29, 0.717) is 17.2 Å². The summed E-state index contributed by atoms with van der Waals surface area (Å²) in [7, 11) is 0. The van der Waals surface area contributed by atoms with Gasteiger partial charge in [0.2, 0.25) is 5.91 Å². The van der Waals surface area contributed by atoms with Crippen LogP contribution in [0.4, 0.5) is 5.69 Å². The van der Waals surface area contributed by atoms with Crippen molar-refractivity contribution in [3.8, 4) is 11.5 Å². The number of para-hydroxylation sites is 2. The number of hydrogen-bond acceptors (Lipinski definition) is 4. The average molecular weight is 243 g/mol. The number of nitrogens with one attached hydrogen (secondary N) is 1. The molecule has 0 radical (unpaired) electrons. The van der Waals surface area contributed by atoms with Gasteiger partial charge in [-0.05, 0) is 24.3 Å². The zero-order valence-corrected chi connectivity index (χ0v) is 9.67. The third kappa shape index (κ3) is 3.05. The van der Waals surface area contributed by atoms with Crippen molar-refractivity contribution in [2.45, 2.75) is 0 Å². The van der Waals surface area contributed by atoms with Crippen molar-refractivity contribution in [3.63, 3.8) is 0 Å². The molecule has 0 spiro atoms. The van der Waals surface area contributed by atoms with Crippen LogP contribution in [0.1, 0.15) is 0 Å². The van der Waals surface area contributed by atoms with E-state index >= 15 is 0 Å². The highest BCUT2D eigenvalue weighted by molar-refractivity contribution is 5.93. The SMILES string of the molecule is NCC(=O)Nc1ccccc1Oc1ccncc1. The van der Waals surface area contributed by atoms with Gasteiger partial charge in [-0.2, -0.15) is 0 Å². The van der Waals surface area contributed by atoms with E-state index in [1.807, 2.05) is 12.1 Å². The lowest BCUT2D eigenvalue weighted by molar-refractivity contribution is -0.114. The largest absolute Gasteiger partial charge is 0.455 e. The lowest BCUT2D eigenvalue weighted by Crippen LogP contribution is -2.22. The Kier molecular flexibility index (Phi) is 3.88. The molecule has 5 heteroatoms. The lowest BCUT2D eigenvalue weighted by Gasteiger charge is -2.11. The normalized spacial score (nSPS) is 9.83. The molecule has 0 fully saturated rings. The Bertz CT molecular complexity index is 529. The molecule has 0 bridgehead atoms. The first kappa shape index (κ1) is 12.1. The molecule has 2 aromatic rings. The van der Waals surface area contributed by atoms with E-state index < -0.39 is 0 Å². The number of nitrogens with two attached hydrogens (primary N) is 1. The van der Waals surface area contributed by atoms with Crippen LogP contribution in [0.5, 0.6) is 11.5 Å². The summed E-state index contributed by atoms with van der Waals surface area (Å²) in [6.07, 6.45) is 3.27. The van der Waals surface area contributed by atoms with Gasteiger partial charge in [0.05, 0.1) is 12.2 Å². The van der Waals surface area contributed by atoms with Crippen LogP contribution in [0.25, 0.3) is 0 Å². The van der Waals surface area contributed by atoms with Gasteiger partial charge in [-0.3, -0.25) is 9.78 Å². The second-order valence-corrected chi connectivity index (χ2v) is 3.53. The quantitative estimate of drug-likeness (QED) is 0.858. The van der Waals surface area contributed by atoms with Crippen LogP contribution in [0.2, 0.25) is 0 Å². The molecular formula is C13H13N3O2. The Morgan fingerprint density at radius 2 is 1.94 bits per heavy atom. The Morgan fingerprint density at radius 1 is 1.22 bits per heavy atom. The standard InChI is InChI=1S/C13H13N3O2/c14-9-13(17)16-11-3-1-2-4-12(11)18-10-5-7-15-8-6-10/h1-8H,9,14H2,(H,16,17).